The Kier molecular flexibility index (Phi) is 52.2. The fraction of sp³-hybridized carbons (Fsp3) is 0.855. The molecule has 3 aliphatic rings. The van der Waals surface area contributed by atoms with Crippen molar-refractivity contribution < 1.29 is 89.4 Å². The van der Waals surface area contributed by atoms with E-state index in [9.17, 15) is 61.0 Å². The number of unbranched alkanes of at least 4 members (excludes halogenated alkanes) is 33. The Balaban J connectivity index is 1.39. The lowest BCUT2D eigenvalue weighted by atomic mass is 9.96. The standard InChI is InChI=1S/C76H137NO18/c1-3-5-7-9-11-13-15-17-19-21-23-25-26-27-28-29-30-31-32-34-35-37-39-41-43-45-47-49-51-53-60(81)59(77-64(82)54-52-50-48-46-44-42-40-38-36-33-24-22-20-18-16-14-12-10-8-6-4-2)58-90-74-70(88)67(85)72(62(56-79)92-74)95-76-71(89)68(86)73(63(57-80)93-76)94-75-69(87)66(84)65(83)61(55-78)91-75/h6,8,12,14,18,20,24,33,38,40,59-63,65-76,78-81,83-89H,3-5,7,9-11,13,15-17,19,21-23,25-32,34-37,39,41-58H2,1-2H3,(H,77,82)/b8-6-,14-12-,20-18-,33-24-,40-38-. The summed E-state index contributed by atoms with van der Waals surface area (Å²) in [5.74, 6) is -0.260. The first kappa shape index (κ1) is 86.7. The molecule has 3 fully saturated rings. The van der Waals surface area contributed by atoms with Crippen LogP contribution in [0.15, 0.2) is 60.8 Å². The van der Waals surface area contributed by atoms with Gasteiger partial charge in [0.25, 0.3) is 0 Å². The predicted molar refractivity (Wildman–Crippen MR) is 374 cm³/mol. The highest BCUT2D eigenvalue weighted by molar-refractivity contribution is 5.76. The summed E-state index contributed by atoms with van der Waals surface area (Å²) in [7, 11) is 0. The van der Waals surface area contributed by atoms with Crippen LogP contribution in [0.1, 0.15) is 284 Å². The fourth-order valence-electron chi connectivity index (χ4n) is 12.8. The summed E-state index contributed by atoms with van der Waals surface area (Å²) < 4.78 is 34.5. The molecule has 0 bridgehead atoms. The molecule has 3 aliphatic heterocycles. The zero-order chi connectivity index (χ0) is 68.9. The van der Waals surface area contributed by atoms with Crippen LogP contribution in [-0.4, -0.2) is 193 Å². The molecule has 12 N–H and O–H groups in total. The quantitative estimate of drug-likeness (QED) is 0.0199. The average molecular weight is 1350 g/mol. The van der Waals surface area contributed by atoms with E-state index in [1.54, 1.807) is 0 Å². The van der Waals surface area contributed by atoms with E-state index in [1.165, 1.54) is 161 Å². The molecule has 19 heteroatoms. The van der Waals surface area contributed by atoms with Crippen LogP contribution in [0.5, 0.6) is 0 Å². The molecule has 19 nitrogen and oxygen atoms in total. The number of carbonyl (C=O) groups is 1. The minimum absolute atomic E-state index is 0.242. The number of allylic oxidation sites excluding steroid dienone is 10. The summed E-state index contributed by atoms with van der Waals surface area (Å²) in [5, 5.41) is 121. The van der Waals surface area contributed by atoms with Gasteiger partial charge in [0.2, 0.25) is 5.91 Å². The first-order chi connectivity index (χ1) is 46.3. The molecule has 17 unspecified atom stereocenters. The maximum Gasteiger partial charge on any atom is 0.220 e. The van der Waals surface area contributed by atoms with Gasteiger partial charge in [-0.2, -0.15) is 0 Å². The summed E-state index contributed by atoms with van der Waals surface area (Å²) in [5.41, 5.74) is 0. The summed E-state index contributed by atoms with van der Waals surface area (Å²) in [4.78, 5) is 13.5. The summed E-state index contributed by atoms with van der Waals surface area (Å²) in [6, 6.07) is -0.903. The van der Waals surface area contributed by atoms with Gasteiger partial charge in [-0.3, -0.25) is 4.79 Å². The van der Waals surface area contributed by atoms with Crippen molar-refractivity contribution in [3.05, 3.63) is 60.8 Å². The monoisotopic (exact) mass is 1350 g/mol. The van der Waals surface area contributed by atoms with Gasteiger partial charge in [0.05, 0.1) is 38.6 Å². The van der Waals surface area contributed by atoms with Crippen LogP contribution in [0.4, 0.5) is 0 Å². The molecule has 0 aromatic heterocycles. The van der Waals surface area contributed by atoms with E-state index >= 15 is 0 Å². The number of rotatable bonds is 59. The van der Waals surface area contributed by atoms with Crippen LogP contribution >= 0.6 is 0 Å². The van der Waals surface area contributed by atoms with Crippen molar-refractivity contribution in [3.63, 3.8) is 0 Å². The van der Waals surface area contributed by atoms with E-state index in [0.717, 1.165) is 89.9 Å². The van der Waals surface area contributed by atoms with E-state index in [-0.39, 0.29) is 18.9 Å². The van der Waals surface area contributed by atoms with E-state index in [0.29, 0.717) is 12.8 Å². The molecule has 0 radical (unpaired) electrons. The molecule has 3 rings (SSSR count). The normalized spacial score (nSPS) is 27.5. The highest BCUT2D eigenvalue weighted by Gasteiger charge is 2.53. The largest absolute Gasteiger partial charge is 0.394 e. The molecule has 1 amide bonds. The van der Waals surface area contributed by atoms with Gasteiger partial charge >= 0.3 is 0 Å². The van der Waals surface area contributed by atoms with Crippen molar-refractivity contribution in [3.8, 4) is 0 Å². The van der Waals surface area contributed by atoms with Crippen molar-refractivity contribution in [1.29, 1.82) is 0 Å². The Morgan fingerprint density at radius 2 is 0.726 bits per heavy atom. The maximum absolute atomic E-state index is 13.5. The number of carbonyl (C=O) groups excluding carboxylic acids is 1. The van der Waals surface area contributed by atoms with Crippen LogP contribution in [0.2, 0.25) is 0 Å². The molecule has 3 heterocycles. The Bertz CT molecular complexity index is 1950. The van der Waals surface area contributed by atoms with Gasteiger partial charge in [0.15, 0.2) is 18.9 Å². The molecule has 17 atom stereocenters. The van der Waals surface area contributed by atoms with Crippen molar-refractivity contribution >= 4 is 5.91 Å². The van der Waals surface area contributed by atoms with Gasteiger partial charge in [-0.1, -0.05) is 280 Å². The maximum atomic E-state index is 13.5. The third-order valence-corrected chi connectivity index (χ3v) is 18.9. The minimum Gasteiger partial charge on any atom is -0.394 e. The molecule has 0 aliphatic carbocycles. The smallest absolute Gasteiger partial charge is 0.220 e. The van der Waals surface area contributed by atoms with Crippen molar-refractivity contribution in [2.45, 2.75) is 388 Å². The third kappa shape index (κ3) is 38.2. The van der Waals surface area contributed by atoms with Crippen molar-refractivity contribution in [2.75, 3.05) is 26.4 Å². The fourth-order valence-corrected chi connectivity index (χ4v) is 12.8. The molecule has 3 saturated heterocycles. The Labute approximate surface area is 573 Å². The van der Waals surface area contributed by atoms with Crippen LogP contribution in [0, 0.1) is 0 Å². The van der Waals surface area contributed by atoms with E-state index in [4.69, 9.17) is 28.4 Å². The summed E-state index contributed by atoms with van der Waals surface area (Å²) in [6.07, 6.45) is 44.5. The second-order valence-electron chi connectivity index (χ2n) is 27.1. The second kappa shape index (κ2) is 57.2. The minimum atomic E-state index is -1.98. The molecule has 0 spiro atoms. The van der Waals surface area contributed by atoms with Gasteiger partial charge in [0, 0.05) is 6.42 Å². The molecular formula is C76H137NO18. The first-order valence-corrected chi connectivity index (χ1v) is 38.0. The molecule has 95 heavy (non-hydrogen) atoms. The lowest BCUT2D eigenvalue weighted by Gasteiger charge is -2.48. The van der Waals surface area contributed by atoms with Crippen LogP contribution in [0.3, 0.4) is 0 Å². The average Bonchev–Trinajstić information content (AvgIpc) is 0.787. The lowest BCUT2D eigenvalue weighted by Crippen LogP contribution is -2.66. The summed E-state index contributed by atoms with van der Waals surface area (Å²) in [6.45, 7) is 1.70. The highest BCUT2D eigenvalue weighted by Crippen LogP contribution is 2.33. The zero-order valence-corrected chi connectivity index (χ0v) is 58.9. The van der Waals surface area contributed by atoms with Gasteiger partial charge in [-0.05, 0) is 57.8 Å². The van der Waals surface area contributed by atoms with Crippen LogP contribution < -0.4 is 5.32 Å². The number of aliphatic hydroxyl groups excluding tert-OH is 11. The molecule has 0 saturated carbocycles. The molecule has 554 valence electrons. The predicted octanol–water partition coefficient (Wildman–Crippen LogP) is 11.5. The van der Waals surface area contributed by atoms with E-state index in [1.807, 2.05) is 0 Å². The summed E-state index contributed by atoms with van der Waals surface area (Å²) >= 11 is 0. The van der Waals surface area contributed by atoms with Crippen LogP contribution in [-0.2, 0) is 33.2 Å². The van der Waals surface area contributed by atoms with Crippen LogP contribution in [0.25, 0.3) is 0 Å². The molecular weight excluding hydrogens is 1210 g/mol. The van der Waals surface area contributed by atoms with Crippen molar-refractivity contribution in [2.24, 2.45) is 0 Å². The number of ether oxygens (including phenoxy) is 6. The van der Waals surface area contributed by atoms with Gasteiger partial charge < -0.3 is 89.9 Å². The second-order valence-corrected chi connectivity index (χ2v) is 27.1. The van der Waals surface area contributed by atoms with Gasteiger partial charge in [-0.15, -0.1) is 0 Å². The van der Waals surface area contributed by atoms with E-state index < -0.39 is 124 Å². The Morgan fingerprint density at radius 1 is 0.389 bits per heavy atom. The third-order valence-electron chi connectivity index (χ3n) is 18.9. The van der Waals surface area contributed by atoms with E-state index in [2.05, 4.69) is 79.9 Å². The number of amides is 1. The Morgan fingerprint density at radius 3 is 1.14 bits per heavy atom. The SMILES string of the molecule is CC/C=C\C/C=C\C/C=C\C/C=C\C/C=C\CCCCCCCC(=O)NC(COC1OC(CO)C(OC2OC(CO)C(OC3OC(CO)C(O)C(O)C3O)C(O)C2O)C(O)C1O)C(O)CCCCCCCCCCCCCCCCCCCCCCCCCCCCCCC. The van der Waals surface area contributed by atoms with Gasteiger partial charge in [-0.25, -0.2) is 0 Å². The zero-order valence-electron chi connectivity index (χ0n) is 58.9. The number of hydrogen-bond acceptors (Lipinski definition) is 18. The molecule has 0 aromatic carbocycles. The topological polar surface area (TPSA) is 307 Å². The van der Waals surface area contributed by atoms with Gasteiger partial charge in [0.1, 0.15) is 73.2 Å². The number of aliphatic hydroxyl groups is 11. The highest BCUT2D eigenvalue weighted by atomic mass is 16.8. The van der Waals surface area contributed by atoms with Crippen molar-refractivity contribution in [1.82, 2.24) is 5.32 Å². The lowest BCUT2D eigenvalue weighted by molar-refractivity contribution is -0.379. The first-order valence-electron chi connectivity index (χ1n) is 38.0. The number of nitrogens with one attached hydrogen (secondary N) is 1. The Hall–Kier alpha value is -2.51. The molecule has 0 aromatic rings. The number of hydrogen-bond donors (Lipinski definition) is 12.